The molecule has 0 bridgehead atoms. The van der Waals surface area contributed by atoms with Crippen LogP contribution in [-0.2, 0) is 20.8 Å². The quantitative estimate of drug-likeness (QED) is 0.269. The van der Waals surface area contributed by atoms with Crippen molar-refractivity contribution in [3.05, 3.63) is 71.8 Å². The van der Waals surface area contributed by atoms with Crippen molar-refractivity contribution in [3.63, 3.8) is 0 Å². The molecule has 2 aliphatic rings. The van der Waals surface area contributed by atoms with Crippen molar-refractivity contribution < 1.29 is 19.1 Å². The van der Waals surface area contributed by atoms with Crippen LogP contribution in [0.2, 0.25) is 0 Å². The molecule has 3 aromatic carbocycles. The van der Waals surface area contributed by atoms with Gasteiger partial charge in [0.2, 0.25) is 5.60 Å². The topological polar surface area (TPSA) is 60.4 Å². The van der Waals surface area contributed by atoms with Gasteiger partial charge in [0.15, 0.2) is 0 Å². The summed E-state index contributed by atoms with van der Waals surface area (Å²) in [5.74, 6) is 0.429. The number of methoxy groups -OCH3 is 1. The number of fused-ring (bicyclic) bond motifs is 2. The maximum Gasteiger partial charge on any atom is 0.353 e. The van der Waals surface area contributed by atoms with Crippen LogP contribution in [0.5, 0.6) is 5.75 Å². The van der Waals surface area contributed by atoms with E-state index >= 15 is 0 Å². The Morgan fingerprint density at radius 3 is 2.54 bits per heavy atom. The first kappa shape index (κ1) is 23.2. The van der Waals surface area contributed by atoms with E-state index in [2.05, 4.69) is 55.1 Å². The summed E-state index contributed by atoms with van der Waals surface area (Å²) in [5, 5.41) is 6.78. The van der Waals surface area contributed by atoms with E-state index in [-0.39, 0.29) is 5.97 Å². The van der Waals surface area contributed by atoms with E-state index in [0.717, 1.165) is 47.2 Å². The van der Waals surface area contributed by atoms with Crippen LogP contribution in [0.1, 0.15) is 44.7 Å². The molecule has 1 atom stereocenters. The van der Waals surface area contributed by atoms with E-state index in [0.29, 0.717) is 13.0 Å². The number of benzene rings is 3. The summed E-state index contributed by atoms with van der Waals surface area (Å²) in [6.07, 6.45) is 2.59. The maximum atomic E-state index is 12.4. The van der Waals surface area contributed by atoms with Crippen LogP contribution in [0.25, 0.3) is 10.8 Å². The molecule has 0 aromatic heterocycles. The zero-order chi connectivity index (χ0) is 24.6. The lowest BCUT2D eigenvalue weighted by molar-refractivity contribution is -0.156. The Morgan fingerprint density at radius 2 is 1.80 bits per heavy atom. The normalized spacial score (nSPS) is 20.5. The molecule has 3 aromatic rings. The first-order valence-corrected chi connectivity index (χ1v) is 12.2. The van der Waals surface area contributed by atoms with Gasteiger partial charge in [-0.3, -0.25) is 0 Å². The van der Waals surface area contributed by atoms with Gasteiger partial charge in [0, 0.05) is 29.6 Å². The van der Waals surface area contributed by atoms with Gasteiger partial charge in [0.1, 0.15) is 11.5 Å². The van der Waals surface area contributed by atoms with Gasteiger partial charge in [-0.05, 0) is 62.8 Å². The van der Waals surface area contributed by atoms with Crippen molar-refractivity contribution in [1.82, 2.24) is 0 Å². The smallest absolute Gasteiger partial charge is 0.353 e. The zero-order valence-corrected chi connectivity index (χ0v) is 20.8. The van der Waals surface area contributed by atoms with Crippen LogP contribution in [0.3, 0.4) is 0 Å². The molecule has 0 radical (unpaired) electrons. The fourth-order valence-electron chi connectivity index (χ4n) is 5.21. The highest BCUT2D eigenvalue weighted by Crippen LogP contribution is 2.38. The van der Waals surface area contributed by atoms with Crippen molar-refractivity contribution in [3.8, 4) is 5.75 Å². The van der Waals surface area contributed by atoms with Gasteiger partial charge in [-0.15, -0.1) is 0 Å². The van der Waals surface area contributed by atoms with E-state index in [4.69, 9.17) is 19.5 Å². The molecule has 2 heterocycles. The predicted octanol–water partition coefficient (Wildman–Crippen LogP) is 5.51. The summed E-state index contributed by atoms with van der Waals surface area (Å²) in [7, 11) is 1.68. The zero-order valence-electron chi connectivity index (χ0n) is 20.8. The third kappa shape index (κ3) is 4.01. The van der Waals surface area contributed by atoms with Gasteiger partial charge in [-0.2, -0.15) is 0 Å². The van der Waals surface area contributed by atoms with Crippen molar-refractivity contribution in [1.29, 1.82) is 0 Å². The molecule has 6 heteroatoms. The van der Waals surface area contributed by atoms with E-state index in [1.165, 1.54) is 11.3 Å². The lowest BCUT2D eigenvalue weighted by atomic mass is 9.85. The molecule has 0 spiro atoms. The molecular formula is C29H32N2O4. The fraction of sp³-hybridized carbons (Fsp3) is 0.379. The summed E-state index contributed by atoms with van der Waals surface area (Å²) < 4.78 is 10.8. The number of anilines is 1. The number of esters is 1. The Labute approximate surface area is 206 Å². The number of ether oxygens (including phenoxy) is 2. The standard InChI is InChI=1S/C29H32N2O4/c1-28(2,31-18-9-11-20-10-5-8-14-24(20)31)26(30-35-29(3)17-19-34-27(29)32)23-15-16-25(33-4)22-13-7-6-12-21(22)23/h5-8,10,12-16H,9,11,17-19H2,1-4H3. The molecule has 1 fully saturated rings. The predicted molar refractivity (Wildman–Crippen MR) is 138 cm³/mol. The first-order valence-electron chi connectivity index (χ1n) is 12.2. The average molecular weight is 473 g/mol. The van der Waals surface area contributed by atoms with Crippen LogP contribution in [-0.4, -0.2) is 43.1 Å². The number of nitrogens with zero attached hydrogens (tertiary/aromatic N) is 2. The number of oxime groups is 1. The second-order valence-electron chi connectivity index (χ2n) is 9.95. The Hall–Kier alpha value is -3.54. The Balaban J connectivity index is 1.68. The summed E-state index contributed by atoms with van der Waals surface area (Å²) in [4.78, 5) is 20.9. The largest absolute Gasteiger partial charge is 0.496 e. The Kier molecular flexibility index (Phi) is 5.91. The minimum absolute atomic E-state index is 0.342. The molecule has 0 amide bonds. The summed E-state index contributed by atoms with van der Waals surface area (Å²) in [6.45, 7) is 7.33. The van der Waals surface area contributed by atoms with Gasteiger partial charge in [-0.25, -0.2) is 4.79 Å². The van der Waals surface area contributed by atoms with Gasteiger partial charge < -0.3 is 19.2 Å². The molecule has 2 aliphatic heterocycles. The van der Waals surface area contributed by atoms with Gasteiger partial charge in [0.05, 0.1) is 19.3 Å². The van der Waals surface area contributed by atoms with Crippen LogP contribution in [0.4, 0.5) is 5.69 Å². The molecule has 0 aliphatic carbocycles. The lowest BCUT2D eigenvalue weighted by Gasteiger charge is -2.44. The number of carbonyl (C=O) groups is 1. The summed E-state index contributed by atoms with van der Waals surface area (Å²) in [5.41, 5.74) is 2.62. The van der Waals surface area contributed by atoms with Gasteiger partial charge >= 0.3 is 5.97 Å². The van der Waals surface area contributed by atoms with Crippen molar-refractivity contribution in [2.75, 3.05) is 25.2 Å². The third-order valence-corrected chi connectivity index (χ3v) is 7.31. The van der Waals surface area contributed by atoms with Crippen molar-refractivity contribution in [2.45, 2.75) is 51.2 Å². The average Bonchev–Trinajstić information content (AvgIpc) is 3.21. The molecule has 6 nitrogen and oxygen atoms in total. The Morgan fingerprint density at radius 1 is 1.06 bits per heavy atom. The van der Waals surface area contributed by atoms with Crippen LogP contribution >= 0.6 is 0 Å². The van der Waals surface area contributed by atoms with Crippen LogP contribution < -0.4 is 9.64 Å². The van der Waals surface area contributed by atoms with Crippen LogP contribution in [0, 0.1) is 0 Å². The van der Waals surface area contributed by atoms with E-state index in [9.17, 15) is 4.79 Å². The minimum atomic E-state index is -1.09. The van der Waals surface area contributed by atoms with E-state index in [1.807, 2.05) is 24.3 Å². The van der Waals surface area contributed by atoms with Crippen molar-refractivity contribution >= 4 is 28.1 Å². The highest BCUT2D eigenvalue weighted by Gasteiger charge is 2.44. The molecule has 5 rings (SSSR count). The molecule has 182 valence electrons. The second-order valence-corrected chi connectivity index (χ2v) is 9.95. The summed E-state index contributed by atoms with van der Waals surface area (Å²) in [6, 6.07) is 20.7. The third-order valence-electron chi connectivity index (χ3n) is 7.31. The van der Waals surface area contributed by atoms with E-state index < -0.39 is 11.1 Å². The number of hydrogen-bond acceptors (Lipinski definition) is 6. The molecule has 0 N–H and O–H groups in total. The van der Waals surface area contributed by atoms with Crippen molar-refractivity contribution in [2.24, 2.45) is 5.16 Å². The molecular weight excluding hydrogens is 440 g/mol. The number of rotatable bonds is 6. The number of carbonyl (C=O) groups excluding carboxylic acids is 1. The van der Waals surface area contributed by atoms with E-state index in [1.54, 1.807) is 14.0 Å². The number of cyclic esters (lactones) is 1. The minimum Gasteiger partial charge on any atom is -0.496 e. The Bertz CT molecular complexity index is 1300. The van der Waals surface area contributed by atoms with Gasteiger partial charge in [0.25, 0.3) is 0 Å². The fourth-order valence-corrected chi connectivity index (χ4v) is 5.21. The number of hydrogen-bond donors (Lipinski definition) is 0. The van der Waals surface area contributed by atoms with Crippen LogP contribution in [0.15, 0.2) is 65.8 Å². The SMILES string of the molecule is COc1ccc(C(=NOC2(C)CCOC2=O)C(C)(C)N2CCCc3ccccc32)c2ccccc12. The maximum absolute atomic E-state index is 12.4. The number of para-hydroxylation sites is 1. The first-order chi connectivity index (χ1) is 16.8. The molecule has 0 saturated carbocycles. The number of aryl methyl sites for hydroxylation is 1. The molecule has 1 saturated heterocycles. The van der Waals surface area contributed by atoms with Gasteiger partial charge in [-0.1, -0.05) is 47.6 Å². The lowest BCUT2D eigenvalue weighted by Crippen LogP contribution is -2.53. The molecule has 35 heavy (non-hydrogen) atoms. The molecule has 1 unspecified atom stereocenters. The highest BCUT2D eigenvalue weighted by atomic mass is 16.7. The highest BCUT2D eigenvalue weighted by molar-refractivity contribution is 6.17. The second kappa shape index (κ2) is 8.91. The monoisotopic (exact) mass is 472 g/mol. The summed E-state index contributed by atoms with van der Waals surface area (Å²) >= 11 is 0.